The number of rotatable bonds is 4. The van der Waals surface area contributed by atoms with Crippen LogP contribution in [0.3, 0.4) is 0 Å². The van der Waals surface area contributed by atoms with E-state index in [2.05, 4.69) is 24.0 Å². The van der Waals surface area contributed by atoms with Gasteiger partial charge in [-0.15, -0.1) is 0 Å². The van der Waals surface area contributed by atoms with E-state index in [-0.39, 0.29) is 5.82 Å². The third-order valence-electron chi connectivity index (χ3n) is 2.81. The van der Waals surface area contributed by atoms with E-state index in [0.29, 0.717) is 5.39 Å². The van der Waals surface area contributed by atoms with Crippen LogP contribution in [0.15, 0.2) is 24.4 Å². The molecule has 2 nitrogen and oxygen atoms in total. The fourth-order valence-corrected chi connectivity index (χ4v) is 1.98. The molecule has 86 valence electrons. The molecule has 16 heavy (non-hydrogen) atoms. The minimum Gasteiger partial charge on any atom is -0.361 e. The molecule has 1 N–H and O–H groups in total. The summed E-state index contributed by atoms with van der Waals surface area (Å²) in [5.74, 6) is -0.146. The van der Waals surface area contributed by atoms with Gasteiger partial charge < -0.3 is 9.88 Å². The molecule has 0 saturated carbocycles. The second-order valence-corrected chi connectivity index (χ2v) is 4.38. The molecule has 0 saturated heterocycles. The Labute approximate surface area is 95.1 Å². The SMILES string of the molecule is CN(C)CCCc1ccc(F)c2cc[nH]c12. The molecule has 0 aliphatic rings. The third-order valence-corrected chi connectivity index (χ3v) is 2.81. The molecule has 0 fully saturated rings. The Kier molecular flexibility index (Phi) is 3.25. The molecule has 0 spiro atoms. The van der Waals surface area contributed by atoms with Gasteiger partial charge in [0.1, 0.15) is 5.82 Å². The number of aromatic nitrogens is 1. The zero-order valence-corrected chi connectivity index (χ0v) is 9.76. The molecule has 0 aliphatic heterocycles. The first-order chi connectivity index (χ1) is 7.68. The van der Waals surface area contributed by atoms with Gasteiger partial charge in [-0.25, -0.2) is 4.39 Å². The maximum absolute atomic E-state index is 13.4. The number of halogens is 1. The Balaban J connectivity index is 2.18. The Hall–Kier alpha value is -1.35. The van der Waals surface area contributed by atoms with E-state index in [9.17, 15) is 4.39 Å². The molecule has 2 rings (SSSR count). The van der Waals surface area contributed by atoms with Crippen molar-refractivity contribution in [2.75, 3.05) is 20.6 Å². The van der Waals surface area contributed by atoms with Crippen LogP contribution in [-0.4, -0.2) is 30.5 Å². The lowest BCUT2D eigenvalue weighted by Crippen LogP contribution is -2.13. The Morgan fingerprint density at radius 3 is 2.81 bits per heavy atom. The van der Waals surface area contributed by atoms with Crippen LogP contribution < -0.4 is 0 Å². The summed E-state index contributed by atoms with van der Waals surface area (Å²) in [6, 6.07) is 5.23. The smallest absolute Gasteiger partial charge is 0.132 e. The van der Waals surface area contributed by atoms with Gasteiger partial charge in [-0.05, 0) is 51.2 Å². The van der Waals surface area contributed by atoms with E-state index in [1.54, 1.807) is 18.3 Å². The van der Waals surface area contributed by atoms with Crippen LogP contribution in [0.1, 0.15) is 12.0 Å². The summed E-state index contributed by atoms with van der Waals surface area (Å²) in [6.07, 6.45) is 3.87. The van der Waals surface area contributed by atoms with Crippen LogP contribution in [0.25, 0.3) is 10.9 Å². The third kappa shape index (κ3) is 2.25. The minimum absolute atomic E-state index is 0.146. The number of benzene rings is 1. The summed E-state index contributed by atoms with van der Waals surface area (Å²) in [5, 5.41) is 0.697. The summed E-state index contributed by atoms with van der Waals surface area (Å²) in [4.78, 5) is 5.28. The van der Waals surface area contributed by atoms with E-state index in [4.69, 9.17) is 0 Å². The minimum atomic E-state index is -0.146. The molecule has 3 heteroatoms. The Morgan fingerprint density at radius 1 is 1.25 bits per heavy atom. The van der Waals surface area contributed by atoms with Gasteiger partial charge >= 0.3 is 0 Å². The van der Waals surface area contributed by atoms with Crippen molar-refractivity contribution in [2.45, 2.75) is 12.8 Å². The molecule has 0 amide bonds. The van der Waals surface area contributed by atoms with E-state index in [1.807, 2.05) is 6.07 Å². The van der Waals surface area contributed by atoms with Gasteiger partial charge in [0.25, 0.3) is 0 Å². The number of hydrogen-bond donors (Lipinski definition) is 1. The average Bonchev–Trinajstić information content (AvgIpc) is 2.70. The largest absolute Gasteiger partial charge is 0.361 e. The summed E-state index contributed by atoms with van der Waals surface area (Å²) >= 11 is 0. The highest BCUT2D eigenvalue weighted by Crippen LogP contribution is 2.21. The van der Waals surface area contributed by atoms with Crippen LogP contribution in [0.5, 0.6) is 0 Å². The normalized spacial score (nSPS) is 11.5. The van der Waals surface area contributed by atoms with E-state index >= 15 is 0 Å². The molecule has 1 aromatic heterocycles. The topological polar surface area (TPSA) is 19.0 Å². The van der Waals surface area contributed by atoms with Crippen molar-refractivity contribution in [1.29, 1.82) is 0 Å². The van der Waals surface area contributed by atoms with Crippen LogP contribution in [0.4, 0.5) is 4.39 Å². The predicted octanol–water partition coefficient (Wildman–Crippen LogP) is 2.80. The number of hydrogen-bond acceptors (Lipinski definition) is 1. The molecule has 0 aliphatic carbocycles. The number of aromatic amines is 1. The van der Waals surface area contributed by atoms with Gasteiger partial charge in [-0.3, -0.25) is 0 Å². The highest BCUT2D eigenvalue weighted by Gasteiger charge is 2.06. The summed E-state index contributed by atoms with van der Waals surface area (Å²) in [6.45, 7) is 1.06. The summed E-state index contributed by atoms with van der Waals surface area (Å²) in [7, 11) is 4.13. The van der Waals surface area contributed by atoms with E-state index in [1.165, 1.54) is 5.56 Å². The fraction of sp³-hybridized carbons (Fsp3) is 0.385. The lowest BCUT2D eigenvalue weighted by atomic mass is 10.1. The Morgan fingerprint density at radius 2 is 2.06 bits per heavy atom. The lowest BCUT2D eigenvalue weighted by Gasteiger charge is -2.09. The van der Waals surface area contributed by atoms with Crippen LogP contribution in [0.2, 0.25) is 0 Å². The van der Waals surface area contributed by atoms with Gasteiger partial charge in [0.05, 0.1) is 5.52 Å². The molecule has 2 aromatic rings. The average molecular weight is 220 g/mol. The highest BCUT2D eigenvalue weighted by atomic mass is 19.1. The number of fused-ring (bicyclic) bond motifs is 1. The predicted molar refractivity (Wildman–Crippen MR) is 65.1 cm³/mol. The first-order valence-corrected chi connectivity index (χ1v) is 5.57. The molecule has 0 atom stereocenters. The molecule has 0 bridgehead atoms. The highest BCUT2D eigenvalue weighted by molar-refractivity contribution is 5.83. The van der Waals surface area contributed by atoms with Crippen molar-refractivity contribution in [1.82, 2.24) is 9.88 Å². The zero-order valence-electron chi connectivity index (χ0n) is 9.76. The standard InChI is InChI=1S/C13H17FN2/c1-16(2)9-3-4-10-5-6-12(14)11-7-8-15-13(10)11/h5-8,15H,3-4,9H2,1-2H3. The first-order valence-electron chi connectivity index (χ1n) is 5.57. The number of H-pyrrole nitrogens is 1. The number of aryl methyl sites for hydroxylation is 1. The quantitative estimate of drug-likeness (QED) is 0.839. The van der Waals surface area contributed by atoms with Gasteiger partial charge in [0.2, 0.25) is 0 Å². The van der Waals surface area contributed by atoms with E-state index < -0.39 is 0 Å². The first kappa shape index (κ1) is 11.1. The van der Waals surface area contributed by atoms with Gasteiger partial charge in [0, 0.05) is 11.6 Å². The maximum atomic E-state index is 13.4. The Bertz CT molecular complexity index is 474. The van der Waals surface area contributed by atoms with Crippen molar-refractivity contribution < 1.29 is 4.39 Å². The summed E-state index contributed by atoms with van der Waals surface area (Å²) < 4.78 is 13.4. The fourth-order valence-electron chi connectivity index (χ4n) is 1.98. The van der Waals surface area contributed by atoms with Crippen molar-refractivity contribution in [3.8, 4) is 0 Å². The summed E-state index contributed by atoms with van der Waals surface area (Å²) in [5.41, 5.74) is 2.14. The second kappa shape index (κ2) is 4.66. The monoisotopic (exact) mass is 220 g/mol. The molecule has 0 radical (unpaired) electrons. The van der Waals surface area contributed by atoms with Crippen LogP contribution in [-0.2, 0) is 6.42 Å². The van der Waals surface area contributed by atoms with Crippen molar-refractivity contribution >= 4 is 10.9 Å². The van der Waals surface area contributed by atoms with Gasteiger partial charge in [-0.2, -0.15) is 0 Å². The van der Waals surface area contributed by atoms with Crippen molar-refractivity contribution in [3.63, 3.8) is 0 Å². The molecule has 0 unspecified atom stereocenters. The molecule has 1 aromatic carbocycles. The molecular formula is C13H17FN2. The number of nitrogens with one attached hydrogen (secondary N) is 1. The van der Waals surface area contributed by atoms with Crippen LogP contribution >= 0.6 is 0 Å². The van der Waals surface area contributed by atoms with Crippen LogP contribution in [0, 0.1) is 5.82 Å². The van der Waals surface area contributed by atoms with Gasteiger partial charge in [0.15, 0.2) is 0 Å². The van der Waals surface area contributed by atoms with Gasteiger partial charge in [-0.1, -0.05) is 6.07 Å². The van der Waals surface area contributed by atoms with E-state index in [0.717, 1.165) is 24.9 Å². The lowest BCUT2D eigenvalue weighted by molar-refractivity contribution is 0.400. The zero-order chi connectivity index (χ0) is 11.5. The van der Waals surface area contributed by atoms with Crippen molar-refractivity contribution in [3.05, 3.63) is 35.8 Å². The maximum Gasteiger partial charge on any atom is 0.132 e. The second-order valence-electron chi connectivity index (χ2n) is 4.38. The molecule has 1 heterocycles. The molecular weight excluding hydrogens is 203 g/mol. The van der Waals surface area contributed by atoms with Crippen molar-refractivity contribution in [2.24, 2.45) is 0 Å². The number of nitrogens with zero attached hydrogens (tertiary/aromatic N) is 1.